The number of amides is 2. The highest BCUT2D eigenvalue weighted by Crippen LogP contribution is 2.28. The number of carbonyl (C=O) groups excluding carboxylic acids is 2. The minimum atomic E-state index is -0.641. The average molecular weight is 700 g/mol. The van der Waals surface area contributed by atoms with E-state index in [-0.39, 0.29) is 18.6 Å². The van der Waals surface area contributed by atoms with E-state index in [0.717, 1.165) is 24.8 Å². The molecule has 0 aromatic heterocycles. The summed E-state index contributed by atoms with van der Waals surface area (Å²) in [6, 6.07) is 9.80. The van der Waals surface area contributed by atoms with Crippen molar-refractivity contribution in [2.75, 3.05) is 133 Å². The molecular weight excluding hydrogens is 638 g/mol. The number of carbonyl (C=O) groups is 2. The van der Waals surface area contributed by atoms with Crippen LogP contribution in [0.25, 0.3) is 0 Å². The number of nitrogens with one attached hydrogen (secondary N) is 2. The lowest BCUT2D eigenvalue weighted by Gasteiger charge is -2.37. The fourth-order valence-corrected chi connectivity index (χ4v) is 5.56. The van der Waals surface area contributed by atoms with Gasteiger partial charge in [0.15, 0.2) is 0 Å². The summed E-state index contributed by atoms with van der Waals surface area (Å²) in [7, 11) is 5.05. The highest BCUT2D eigenvalue weighted by molar-refractivity contribution is 5.80. The lowest BCUT2D eigenvalue weighted by molar-refractivity contribution is -0.145. The topological polar surface area (TPSA) is 145 Å². The molecule has 14 heteroatoms. The Morgan fingerprint density at radius 1 is 0.816 bits per heavy atom. The third-order valence-electron chi connectivity index (χ3n) is 8.00. The molecule has 1 aromatic carbocycles. The van der Waals surface area contributed by atoms with Crippen molar-refractivity contribution >= 4 is 12.3 Å². The van der Waals surface area contributed by atoms with Crippen molar-refractivity contribution in [2.24, 2.45) is 5.92 Å². The Labute approximate surface area is 292 Å². The van der Waals surface area contributed by atoms with E-state index in [1.807, 2.05) is 37.4 Å². The van der Waals surface area contributed by atoms with Gasteiger partial charge in [0, 0.05) is 33.9 Å². The van der Waals surface area contributed by atoms with Crippen LogP contribution in [-0.2, 0) is 58.6 Å². The van der Waals surface area contributed by atoms with E-state index in [0.29, 0.717) is 112 Å². The molecule has 2 amide bonds. The minimum Gasteiger partial charge on any atom is -0.382 e. The van der Waals surface area contributed by atoms with Gasteiger partial charge in [-0.05, 0) is 31.9 Å². The lowest BCUT2D eigenvalue weighted by atomic mass is 9.88. The number of likely N-dealkylation sites (tertiary alicyclic amines) is 1. The number of hydrogen-bond donors (Lipinski definition) is 2. The van der Waals surface area contributed by atoms with Gasteiger partial charge in [-0.2, -0.15) is 0 Å². The molecule has 1 heterocycles. The van der Waals surface area contributed by atoms with Crippen LogP contribution in [0, 0.1) is 5.92 Å². The summed E-state index contributed by atoms with van der Waals surface area (Å²) >= 11 is 0. The summed E-state index contributed by atoms with van der Waals surface area (Å²) in [6.07, 6.45) is 2.16. The van der Waals surface area contributed by atoms with E-state index in [4.69, 9.17) is 42.6 Å². The van der Waals surface area contributed by atoms with Crippen molar-refractivity contribution in [3.63, 3.8) is 0 Å². The third kappa shape index (κ3) is 19.1. The first-order valence-electron chi connectivity index (χ1n) is 17.4. The van der Waals surface area contributed by atoms with Crippen molar-refractivity contribution in [3.05, 3.63) is 35.9 Å². The first-order valence-corrected chi connectivity index (χ1v) is 17.4. The Morgan fingerprint density at radius 3 is 1.84 bits per heavy atom. The first kappa shape index (κ1) is 42.9. The lowest BCUT2D eigenvalue weighted by Crippen LogP contribution is -2.55. The van der Waals surface area contributed by atoms with E-state index in [1.54, 1.807) is 19.1 Å². The number of likely N-dealkylation sites (N-methyl/N-ethyl adjacent to an activating group) is 1. The summed E-state index contributed by atoms with van der Waals surface area (Å²) in [6.45, 7) is 8.13. The van der Waals surface area contributed by atoms with Gasteiger partial charge in [0.25, 0.3) is 0 Å². The number of ether oxygens (including phenoxy) is 9. The molecule has 49 heavy (non-hydrogen) atoms. The molecular formula is C35H61N3O11. The minimum absolute atomic E-state index is 0.159. The third-order valence-corrected chi connectivity index (χ3v) is 8.00. The van der Waals surface area contributed by atoms with Crippen LogP contribution in [0.1, 0.15) is 18.4 Å². The van der Waals surface area contributed by atoms with Crippen LogP contribution in [0.5, 0.6) is 0 Å². The molecule has 1 aromatic rings. The largest absolute Gasteiger partial charge is 0.382 e. The molecule has 3 unspecified atom stereocenters. The van der Waals surface area contributed by atoms with Gasteiger partial charge in [0.2, 0.25) is 12.3 Å². The molecule has 282 valence electrons. The predicted octanol–water partition coefficient (Wildman–Crippen LogP) is 0.948. The second-order valence-electron chi connectivity index (χ2n) is 11.4. The van der Waals surface area contributed by atoms with Gasteiger partial charge in [-0.15, -0.1) is 0 Å². The number of methoxy groups -OCH3 is 2. The van der Waals surface area contributed by atoms with Gasteiger partial charge in [-0.3, -0.25) is 9.59 Å². The maximum atomic E-state index is 13.7. The Kier molecular flexibility index (Phi) is 25.8. The van der Waals surface area contributed by atoms with E-state index in [9.17, 15) is 9.59 Å². The molecule has 4 atom stereocenters. The standard InChI is InChI=1S/C35H61N3O11/c1-36-28-32(49-27-26-48-25-24-47-23-22-46-21-20-45-19-18-44-17-16-43-15-14-41-2)33(34(42-3)31-10-7-13-38(31)29-39)35(40)37-12-11-30-8-5-4-6-9-30/h4-6,8-9,29,31-34,36H,7,10-28H2,1-3H3,(H,37,40)/t31?,32?,33-,34?/m1/s1. The van der Waals surface area contributed by atoms with Gasteiger partial charge < -0.3 is 58.2 Å². The van der Waals surface area contributed by atoms with E-state index in [2.05, 4.69) is 10.6 Å². The molecule has 1 saturated heterocycles. The molecule has 2 rings (SSSR count). The molecule has 0 saturated carbocycles. The molecule has 0 aliphatic carbocycles. The normalized spacial score (nSPS) is 16.5. The van der Waals surface area contributed by atoms with Crippen LogP contribution < -0.4 is 10.6 Å². The van der Waals surface area contributed by atoms with Crippen molar-refractivity contribution in [1.29, 1.82) is 0 Å². The highest BCUT2D eigenvalue weighted by Gasteiger charge is 2.43. The van der Waals surface area contributed by atoms with Gasteiger partial charge >= 0.3 is 0 Å². The molecule has 1 fully saturated rings. The molecule has 2 N–H and O–H groups in total. The second-order valence-corrected chi connectivity index (χ2v) is 11.4. The van der Waals surface area contributed by atoms with E-state index >= 15 is 0 Å². The monoisotopic (exact) mass is 699 g/mol. The van der Waals surface area contributed by atoms with Crippen molar-refractivity contribution < 1.29 is 52.2 Å². The SMILES string of the molecule is CNCC(OCCOCCOCCOCCOCCOCCOCCOC)[C@@H](C(=O)NCCc1ccccc1)C(OC)C1CCCN1C=O. The van der Waals surface area contributed by atoms with Crippen LogP contribution in [-0.4, -0.2) is 169 Å². The molecule has 0 radical (unpaired) electrons. The zero-order valence-corrected chi connectivity index (χ0v) is 29.9. The number of hydrogen-bond acceptors (Lipinski definition) is 12. The summed E-state index contributed by atoms with van der Waals surface area (Å²) < 4.78 is 50.2. The number of benzene rings is 1. The number of rotatable bonds is 33. The maximum absolute atomic E-state index is 13.7. The molecule has 0 bridgehead atoms. The van der Waals surface area contributed by atoms with Crippen LogP contribution in [0.3, 0.4) is 0 Å². The molecule has 14 nitrogen and oxygen atoms in total. The van der Waals surface area contributed by atoms with Crippen molar-refractivity contribution in [1.82, 2.24) is 15.5 Å². The number of nitrogens with zero attached hydrogens (tertiary/aromatic N) is 1. The quantitative estimate of drug-likeness (QED) is 0.0797. The highest BCUT2D eigenvalue weighted by atomic mass is 16.6. The van der Waals surface area contributed by atoms with Crippen LogP contribution in [0.15, 0.2) is 30.3 Å². The Balaban J connectivity index is 1.64. The Hall–Kier alpha value is -2.24. The fraction of sp³-hybridized carbons (Fsp3) is 0.771. The summed E-state index contributed by atoms with van der Waals surface area (Å²) in [5, 5.41) is 6.25. The zero-order valence-electron chi connectivity index (χ0n) is 29.9. The van der Waals surface area contributed by atoms with Crippen LogP contribution in [0.2, 0.25) is 0 Å². The summed E-state index contributed by atoms with van der Waals surface area (Å²) in [4.78, 5) is 27.3. The van der Waals surface area contributed by atoms with Crippen LogP contribution in [0.4, 0.5) is 0 Å². The van der Waals surface area contributed by atoms with Crippen molar-refractivity contribution in [3.8, 4) is 0 Å². The van der Waals surface area contributed by atoms with Gasteiger partial charge in [-0.25, -0.2) is 0 Å². The molecule has 1 aliphatic heterocycles. The average Bonchev–Trinajstić information content (AvgIpc) is 3.60. The fourth-order valence-electron chi connectivity index (χ4n) is 5.56. The van der Waals surface area contributed by atoms with E-state index in [1.165, 1.54) is 0 Å². The molecule has 1 aliphatic rings. The Bertz CT molecular complexity index is 933. The van der Waals surface area contributed by atoms with Crippen molar-refractivity contribution in [2.45, 2.75) is 37.5 Å². The summed E-state index contributed by atoms with van der Waals surface area (Å²) in [5.41, 5.74) is 1.14. The smallest absolute Gasteiger partial charge is 0.228 e. The van der Waals surface area contributed by atoms with Gasteiger partial charge in [-0.1, -0.05) is 30.3 Å². The zero-order chi connectivity index (χ0) is 35.2. The van der Waals surface area contributed by atoms with Gasteiger partial charge in [0.1, 0.15) is 0 Å². The second kappa shape index (κ2) is 29.5. The van der Waals surface area contributed by atoms with Gasteiger partial charge in [0.05, 0.1) is 117 Å². The molecule has 0 spiro atoms. The van der Waals surface area contributed by atoms with E-state index < -0.39 is 18.1 Å². The first-order chi connectivity index (χ1) is 24.2. The summed E-state index contributed by atoms with van der Waals surface area (Å²) in [5.74, 6) is -0.800. The predicted molar refractivity (Wildman–Crippen MR) is 184 cm³/mol. The van der Waals surface area contributed by atoms with Crippen LogP contribution >= 0.6 is 0 Å². The maximum Gasteiger partial charge on any atom is 0.228 e. The Morgan fingerprint density at radius 2 is 1.35 bits per heavy atom.